The van der Waals surface area contributed by atoms with E-state index in [1.54, 1.807) is 25.3 Å². The molecule has 0 saturated carbocycles. The second-order valence-corrected chi connectivity index (χ2v) is 4.82. The van der Waals surface area contributed by atoms with Crippen molar-refractivity contribution in [2.45, 2.75) is 32.2 Å². The van der Waals surface area contributed by atoms with Gasteiger partial charge < -0.3 is 10.2 Å². The van der Waals surface area contributed by atoms with Crippen molar-refractivity contribution < 1.29 is 9.59 Å². The van der Waals surface area contributed by atoms with Crippen LogP contribution in [0.25, 0.3) is 0 Å². The Morgan fingerprint density at radius 1 is 1.32 bits per heavy atom. The summed E-state index contributed by atoms with van der Waals surface area (Å²) in [4.78, 5) is 29.8. The molecular formula is C14H19N3O2. The van der Waals surface area contributed by atoms with Crippen molar-refractivity contribution in [2.24, 2.45) is 0 Å². The van der Waals surface area contributed by atoms with E-state index in [0.717, 1.165) is 25.9 Å². The summed E-state index contributed by atoms with van der Waals surface area (Å²) in [7, 11) is 0. The third-order valence-corrected chi connectivity index (χ3v) is 3.31. The molecule has 1 saturated heterocycles. The van der Waals surface area contributed by atoms with Gasteiger partial charge in [-0.15, -0.1) is 0 Å². The van der Waals surface area contributed by atoms with Gasteiger partial charge in [0, 0.05) is 25.5 Å². The summed E-state index contributed by atoms with van der Waals surface area (Å²) in [6.45, 7) is 3.32. The third kappa shape index (κ3) is 3.53. The van der Waals surface area contributed by atoms with E-state index in [-0.39, 0.29) is 11.8 Å². The van der Waals surface area contributed by atoms with E-state index in [1.807, 2.05) is 4.90 Å². The Balaban J connectivity index is 1.91. The summed E-state index contributed by atoms with van der Waals surface area (Å²) in [6.07, 6.45) is 6.39. The Kier molecular flexibility index (Phi) is 4.49. The Bertz CT molecular complexity index is 441. The van der Waals surface area contributed by atoms with Crippen molar-refractivity contribution in [3.05, 3.63) is 30.1 Å². The lowest BCUT2D eigenvalue weighted by Gasteiger charge is -2.29. The number of likely N-dealkylation sites (tertiary alicyclic amines) is 1. The first-order chi connectivity index (χ1) is 9.18. The fourth-order valence-electron chi connectivity index (χ4n) is 2.23. The van der Waals surface area contributed by atoms with Crippen molar-refractivity contribution in [2.75, 3.05) is 13.1 Å². The van der Waals surface area contributed by atoms with Crippen molar-refractivity contribution >= 4 is 11.8 Å². The summed E-state index contributed by atoms with van der Waals surface area (Å²) in [5, 5.41) is 2.72. The molecule has 1 N–H and O–H groups in total. The minimum Gasteiger partial charge on any atom is -0.341 e. The van der Waals surface area contributed by atoms with Crippen LogP contribution in [0.1, 0.15) is 36.5 Å². The number of amides is 2. The molecule has 1 fully saturated rings. The van der Waals surface area contributed by atoms with Crippen LogP contribution in [-0.2, 0) is 4.79 Å². The fourth-order valence-corrected chi connectivity index (χ4v) is 2.23. The normalized spacial score (nSPS) is 16.8. The number of hydrogen-bond acceptors (Lipinski definition) is 3. The van der Waals surface area contributed by atoms with Crippen LogP contribution >= 0.6 is 0 Å². The first-order valence-electron chi connectivity index (χ1n) is 6.68. The van der Waals surface area contributed by atoms with Gasteiger partial charge in [-0.2, -0.15) is 0 Å². The van der Waals surface area contributed by atoms with E-state index < -0.39 is 6.04 Å². The van der Waals surface area contributed by atoms with E-state index in [4.69, 9.17) is 0 Å². The second-order valence-electron chi connectivity index (χ2n) is 4.82. The number of pyridine rings is 1. The zero-order valence-electron chi connectivity index (χ0n) is 11.1. The number of carbonyl (C=O) groups excluding carboxylic acids is 2. The molecule has 5 heteroatoms. The molecule has 1 aromatic heterocycles. The number of rotatable bonds is 3. The molecule has 0 aromatic carbocycles. The van der Waals surface area contributed by atoms with E-state index >= 15 is 0 Å². The highest BCUT2D eigenvalue weighted by Gasteiger charge is 2.23. The molecule has 102 valence electrons. The molecule has 0 bridgehead atoms. The van der Waals surface area contributed by atoms with Crippen molar-refractivity contribution in [1.29, 1.82) is 0 Å². The maximum absolute atomic E-state index is 12.2. The molecule has 1 aliphatic rings. The molecule has 19 heavy (non-hydrogen) atoms. The SMILES string of the molecule is C[C@@H](NC(=O)c1cccnc1)C(=O)N1CCCCC1. The molecule has 0 unspecified atom stereocenters. The number of aromatic nitrogens is 1. The maximum atomic E-state index is 12.2. The highest BCUT2D eigenvalue weighted by Crippen LogP contribution is 2.10. The fraction of sp³-hybridized carbons (Fsp3) is 0.500. The maximum Gasteiger partial charge on any atom is 0.253 e. The van der Waals surface area contributed by atoms with Crippen LogP contribution in [0.15, 0.2) is 24.5 Å². The third-order valence-electron chi connectivity index (χ3n) is 3.31. The van der Waals surface area contributed by atoms with Crippen molar-refractivity contribution in [3.63, 3.8) is 0 Å². The summed E-state index contributed by atoms with van der Waals surface area (Å²) in [6, 6.07) is 2.89. The molecule has 5 nitrogen and oxygen atoms in total. The van der Waals surface area contributed by atoms with Gasteiger partial charge in [-0.3, -0.25) is 14.6 Å². The Labute approximate surface area is 113 Å². The van der Waals surface area contributed by atoms with Crippen LogP contribution in [-0.4, -0.2) is 40.8 Å². The molecule has 2 amide bonds. The number of nitrogens with zero attached hydrogens (tertiary/aromatic N) is 2. The first-order valence-corrected chi connectivity index (χ1v) is 6.68. The number of nitrogens with one attached hydrogen (secondary N) is 1. The number of piperidine rings is 1. The molecular weight excluding hydrogens is 242 g/mol. The average Bonchev–Trinajstić information content (AvgIpc) is 2.48. The van der Waals surface area contributed by atoms with Gasteiger partial charge in [-0.1, -0.05) is 0 Å². The minimum atomic E-state index is -0.495. The standard InChI is InChI=1S/C14H19N3O2/c1-11(14(19)17-8-3-2-4-9-17)16-13(18)12-6-5-7-15-10-12/h5-7,10-11H,2-4,8-9H2,1H3,(H,16,18)/t11-/m1/s1. The first kappa shape index (κ1) is 13.5. The predicted molar refractivity (Wildman–Crippen MR) is 71.6 cm³/mol. The predicted octanol–water partition coefficient (Wildman–Crippen LogP) is 1.21. The van der Waals surface area contributed by atoms with Crippen LogP contribution in [0.3, 0.4) is 0 Å². The highest BCUT2D eigenvalue weighted by molar-refractivity contribution is 5.97. The van der Waals surface area contributed by atoms with Gasteiger partial charge in [0.15, 0.2) is 0 Å². The average molecular weight is 261 g/mol. The molecule has 0 aliphatic carbocycles. The lowest BCUT2D eigenvalue weighted by molar-refractivity contribution is -0.133. The largest absolute Gasteiger partial charge is 0.341 e. The van der Waals surface area contributed by atoms with Crippen LogP contribution in [0, 0.1) is 0 Å². The van der Waals surface area contributed by atoms with E-state index in [1.165, 1.54) is 12.6 Å². The molecule has 0 radical (unpaired) electrons. The van der Waals surface area contributed by atoms with Crippen LogP contribution < -0.4 is 5.32 Å². The van der Waals surface area contributed by atoms with Crippen LogP contribution in [0.2, 0.25) is 0 Å². The van der Waals surface area contributed by atoms with E-state index in [9.17, 15) is 9.59 Å². The van der Waals surface area contributed by atoms with Crippen molar-refractivity contribution in [3.8, 4) is 0 Å². The molecule has 0 spiro atoms. The van der Waals surface area contributed by atoms with Gasteiger partial charge in [0.05, 0.1) is 5.56 Å². The van der Waals surface area contributed by atoms with Gasteiger partial charge in [0.2, 0.25) is 5.91 Å². The van der Waals surface area contributed by atoms with Crippen molar-refractivity contribution in [1.82, 2.24) is 15.2 Å². The van der Waals surface area contributed by atoms with Gasteiger partial charge >= 0.3 is 0 Å². The number of carbonyl (C=O) groups is 2. The monoisotopic (exact) mass is 261 g/mol. The minimum absolute atomic E-state index is 0.00283. The van der Waals surface area contributed by atoms with E-state index in [2.05, 4.69) is 10.3 Å². The second kappa shape index (κ2) is 6.31. The van der Waals surface area contributed by atoms with E-state index in [0.29, 0.717) is 5.56 Å². The highest BCUT2D eigenvalue weighted by atomic mass is 16.2. The van der Waals surface area contributed by atoms with Gasteiger partial charge in [-0.05, 0) is 38.3 Å². The van der Waals surface area contributed by atoms with Crippen LogP contribution in [0.4, 0.5) is 0 Å². The lowest BCUT2D eigenvalue weighted by Crippen LogP contribution is -2.48. The summed E-state index contributed by atoms with van der Waals surface area (Å²) in [5.41, 5.74) is 0.473. The van der Waals surface area contributed by atoms with Gasteiger partial charge in [0.1, 0.15) is 6.04 Å². The zero-order valence-corrected chi connectivity index (χ0v) is 11.1. The Morgan fingerprint density at radius 2 is 2.05 bits per heavy atom. The summed E-state index contributed by atoms with van der Waals surface area (Å²) >= 11 is 0. The Hall–Kier alpha value is -1.91. The Morgan fingerprint density at radius 3 is 2.68 bits per heavy atom. The molecule has 2 heterocycles. The van der Waals surface area contributed by atoms with Gasteiger partial charge in [0.25, 0.3) is 5.91 Å². The zero-order chi connectivity index (χ0) is 13.7. The van der Waals surface area contributed by atoms with Crippen LogP contribution in [0.5, 0.6) is 0 Å². The quantitative estimate of drug-likeness (QED) is 0.889. The molecule has 1 atom stereocenters. The smallest absolute Gasteiger partial charge is 0.253 e. The number of hydrogen-bond donors (Lipinski definition) is 1. The lowest BCUT2D eigenvalue weighted by atomic mass is 10.1. The molecule has 1 aliphatic heterocycles. The van der Waals surface area contributed by atoms with Gasteiger partial charge in [-0.25, -0.2) is 0 Å². The topological polar surface area (TPSA) is 62.3 Å². The summed E-state index contributed by atoms with van der Waals surface area (Å²) in [5.74, 6) is -0.261. The summed E-state index contributed by atoms with van der Waals surface area (Å²) < 4.78 is 0. The molecule has 1 aromatic rings. The molecule has 2 rings (SSSR count).